The van der Waals surface area contributed by atoms with Crippen LogP contribution in [0.4, 0.5) is 0 Å². The van der Waals surface area contributed by atoms with Gasteiger partial charge in [0.05, 0.1) is 13.7 Å². The number of hydrogen-bond acceptors (Lipinski definition) is 6. The molecule has 7 heteroatoms. The molecule has 2 N–H and O–H groups in total. The molecular weight excluding hydrogens is 516 g/mol. The average molecular weight is 559 g/mol. The first-order valence-corrected chi connectivity index (χ1v) is 15.6. The first-order valence-electron chi connectivity index (χ1n) is 15.6. The molecule has 5 aliphatic carbocycles. The van der Waals surface area contributed by atoms with Gasteiger partial charge < -0.3 is 19.3 Å². The molecule has 2 heterocycles. The second-order valence-electron chi connectivity index (χ2n) is 13.7. The highest BCUT2D eigenvalue weighted by Crippen LogP contribution is 2.77. The van der Waals surface area contributed by atoms with Crippen LogP contribution in [0.2, 0.25) is 0 Å². The zero-order chi connectivity index (χ0) is 28.0. The van der Waals surface area contributed by atoms with E-state index in [0.717, 1.165) is 68.1 Å². The summed E-state index contributed by atoms with van der Waals surface area (Å²) in [7, 11) is 3.61. The summed E-state index contributed by atoms with van der Waals surface area (Å²) in [5, 5.41) is 13.2. The fraction of sp³-hybridized carbons (Fsp3) is 0.618. The van der Waals surface area contributed by atoms with Gasteiger partial charge in [0.15, 0.2) is 11.5 Å². The van der Waals surface area contributed by atoms with Crippen molar-refractivity contribution in [1.29, 1.82) is 0 Å². The monoisotopic (exact) mass is 558 g/mol. The fourth-order valence-corrected chi connectivity index (χ4v) is 10.6. The standard InChI is InChI=1S/C34H42N2O5/c1-39-25-12-11-23-17-26-32-14-15-34(40-2,24(18-32)29(35-19-27(37)38)22-7-4-3-5-8-22)31-33(32,28(23)30(25)41-31)13-6-16-36(26)20-21-9-10-21/h3-5,7-8,11-12,21,24,26,29,31,35H,6,9-10,13-20H2,1-2H3,(H,37,38)/t24-,26?,29?,31-,32-,33?,34-/m1/s1. The predicted octanol–water partition coefficient (Wildman–Crippen LogP) is 4.73. The molecule has 0 radical (unpaired) electrons. The Balaban J connectivity index is 1.34. The van der Waals surface area contributed by atoms with Crippen LogP contribution >= 0.6 is 0 Å². The van der Waals surface area contributed by atoms with E-state index in [2.05, 4.69) is 46.6 Å². The van der Waals surface area contributed by atoms with Crippen molar-refractivity contribution in [3.05, 3.63) is 59.2 Å². The first kappa shape index (κ1) is 26.1. The minimum atomic E-state index is -0.839. The van der Waals surface area contributed by atoms with Crippen LogP contribution in [0.5, 0.6) is 11.5 Å². The van der Waals surface area contributed by atoms with E-state index in [1.165, 1.54) is 30.5 Å². The van der Waals surface area contributed by atoms with Gasteiger partial charge in [-0.05, 0) is 81.0 Å². The van der Waals surface area contributed by atoms with Crippen LogP contribution in [0.15, 0.2) is 42.5 Å². The van der Waals surface area contributed by atoms with Crippen LogP contribution < -0.4 is 14.8 Å². The number of carbonyl (C=O) groups is 1. The number of nitrogens with one attached hydrogen (secondary N) is 1. The highest BCUT2D eigenvalue weighted by Gasteiger charge is 2.80. The predicted molar refractivity (Wildman–Crippen MR) is 154 cm³/mol. The lowest BCUT2D eigenvalue weighted by molar-refractivity contribution is -0.266. The molecule has 4 bridgehead atoms. The molecule has 7 atom stereocenters. The summed E-state index contributed by atoms with van der Waals surface area (Å²) in [6.07, 6.45) is 8.89. The molecule has 218 valence electrons. The lowest BCUT2D eigenvalue weighted by Crippen LogP contribution is -2.78. The molecule has 0 aromatic heterocycles. The van der Waals surface area contributed by atoms with Crippen molar-refractivity contribution in [2.45, 2.75) is 80.6 Å². The van der Waals surface area contributed by atoms with Crippen LogP contribution in [0.1, 0.15) is 67.7 Å². The minimum absolute atomic E-state index is 0.0244. The average Bonchev–Trinajstić information content (AvgIpc) is 3.74. The zero-order valence-corrected chi connectivity index (χ0v) is 24.2. The molecular formula is C34H42N2O5. The third-order valence-corrected chi connectivity index (χ3v) is 12.2. The molecule has 41 heavy (non-hydrogen) atoms. The molecule has 4 saturated carbocycles. The van der Waals surface area contributed by atoms with E-state index in [0.29, 0.717) is 6.04 Å². The Morgan fingerprint density at radius 2 is 1.98 bits per heavy atom. The third kappa shape index (κ3) is 3.40. The number of benzene rings is 2. The maximum absolute atomic E-state index is 11.9. The largest absolute Gasteiger partial charge is 0.493 e. The van der Waals surface area contributed by atoms with Crippen LogP contribution in [-0.2, 0) is 21.4 Å². The van der Waals surface area contributed by atoms with E-state index >= 15 is 0 Å². The van der Waals surface area contributed by atoms with Gasteiger partial charge in [-0.3, -0.25) is 15.0 Å². The van der Waals surface area contributed by atoms with Gasteiger partial charge in [0.25, 0.3) is 0 Å². The number of nitrogens with zero attached hydrogens (tertiary/aromatic N) is 1. The Morgan fingerprint density at radius 3 is 2.71 bits per heavy atom. The molecule has 2 spiro atoms. The summed E-state index contributed by atoms with van der Waals surface area (Å²) >= 11 is 0. The van der Waals surface area contributed by atoms with Gasteiger partial charge in [-0.2, -0.15) is 0 Å². The molecule has 3 unspecified atom stereocenters. The second kappa shape index (κ2) is 9.19. The Hall–Kier alpha value is -2.61. The van der Waals surface area contributed by atoms with Crippen molar-refractivity contribution < 1.29 is 24.1 Å². The van der Waals surface area contributed by atoms with Gasteiger partial charge in [0.2, 0.25) is 0 Å². The fourth-order valence-electron chi connectivity index (χ4n) is 10.6. The summed E-state index contributed by atoms with van der Waals surface area (Å²) in [6.45, 7) is 2.25. The molecule has 2 aromatic carbocycles. The van der Waals surface area contributed by atoms with Gasteiger partial charge in [-0.15, -0.1) is 0 Å². The van der Waals surface area contributed by atoms with Crippen molar-refractivity contribution in [2.24, 2.45) is 17.3 Å². The van der Waals surface area contributed by atoms with Crippen molar-refractivity contribution in [2.75, 3.05) is 33.9 Å². The van der Waals surface area contributed by atoms with Gasteiger partial charge in [0, 0.05) is 48.0 Å². The van der Waals surface area contributed by atoms with Gasteiger partial charge in [-0.1, -0.05) is 36.4 Å². The van der Waals surface area contributed by atoms with Crippen LogP contribution in [0, 0.1) is 17.3 Å². The number of fused-ring (bicyclic) bond motifs is 2. The minimum Gasteiger partial charge on any atom is -0.493 e. The molecule has 9 rings (SSSR count). The maximum atomic E-state index is 11.9. The maximum Gasteiger partial charge on any atom is 0.317 e. The quantitative estimate of drug-likeness (QED) is 0.461. The number of likely N-dealkylation sites (tertiary alicyclic amines) is 1. The first-order chi connectivity index (χ1) is 20.0. The Bertz CT molecular complexity index is 1360. The number of carboxylic acid groups (broad SMARTS) is 1. The third-order valence-electron chi connectivity index (χ3n) is 12.2. The van der Waals surface area contributed by atoms with E-state index < -0.39 is 11.6 Å². The topological polar surface area (TPSA) is 80.3 Å². The summed E-state index contributed by atoms with van der Waals surface area (Å²) in [6, 6.07) is 15.1. The Morgan fingerprint density at radius 1 is 1.15 bits per heavy atom. The molecule has 5 fully saturated rings. The van der Waals surface area contributed by atoms with Crippen LogP contribution in [-0.4, -0.2) is 67.6 Å². The molecule has 2 aromatic rings. The Kier molecular flexibility index (Phi) is 5.84. The zero-order valence-electron chi connectivity index (χ0n) is 24.2. The summed E-state index contributed by atoms with van der Waals surface area (Å²) in [4.78, 5) is 14.7. The summed E-state index contributed by atoms with van der Waals surface area (Å²) in [5.74, 6) is 1.82. The van der Waals surface area contributed by atoms with Gasteiger partial charge in [-0.25, -0.2) is 0 Å². The number of carboxylic acids is 1. The van der Waals surface area contributed by atoms with Crippen molar-refractivity contribution >= 4 is 5.97 Å². The number of hydrogen-bond donors (Lipinski definition) is 2. The molecule has 0 amide bonds. The van der Waals surface area contributed by atoms with Crippen molar-refractivity contribution in [3.8, 4) is 11.5 Å². The smallest absolute Gasteiger partial charge is 0.317 e. The summed E-state index contributed by atoms with van der Waals surface area (Å²) in [5.41, 5.74) is 3.29. The van der Waals surface area contributed by atoms with Crippen molar-refractivity contribution in [1.82, 2.24) is 10.2 Å². The number of rotatable bonds is 9. The van der Waals surface area contributed by atoms with E-state index in [-0.39, 0.29) is 35.4 Å². The van der Waals surface area contributed by atoms with E-state index in [1.54, 1.807) is 7.11 Å². The van der Waals surface area contributed by atoms with Gasteiger partial charge in [0.1, 0.15) is 11.7 Å². The normalized spacial score (nSPS) is 37.2. The lowest BCUT2D eigenvalue weighted by atomic mass is 9.35. The lowest BCUT2D eigenvalue weighted by Gasteiger charge is -2.71. The molecule has 2 aliphatic heterocycles. The molecule has 7 aliphatic rings. The second-order valence-corrected chi connectivity index (χ2v) is 13.7. The van der Waals surface area contributed by atoms with E-state index in [1.807, 2.05) is 13.2 Å². The summed E-state index contributed by atoms with van der Waals surface area (Å²) < 4.78 is 19.9. The highest BCUT2D eigenvalue weighted by molar-refractivity contribution is 5.69. The highest BCUT2D eigenvalue weighted by atomic mass is 16.6. The van der Waals surface area contributed by atoms with E-state index in [9.17, 15) is 9.90 Å². The number of methoxy groups -OCH3 is 2. The number of aliphatic carboxylic acids is 1. The molecule has 7 nitrogen and oxygen atoms in total. The SMILES string of the molecule is COc1ccc2c3c1O[C@@H]1C34CCCN(CC3CC3)C(C2)[C@]42CC[C@@]1(OC)[C@@H](C(NCC(=O)O)c1ccccc1)C2. The number of ether oxygens (including phenoxy) is 3. The Labute approximate surface area is 242 Å². The van der Waals surface area contributed by atoms with Crippen LogP contribution in [0.3, 0.4) is 0 Å². The molecule has 1 saturated heterocycles. The van der Waals surface area contributed by atoms with E-state index in [4.69, 9.17) is 14.2 Å². The van der Waals surface area contributed by atoms with Crippen LogP contribution in [0.25, 0.3) is 0 Å². The van der Waals surface area contributed by atoms with Crippen molar-refractivity contribution in [3.63, 3.8) is 0 Å². The van der Waals surface area contributed by atoms with Gasteiger partial charge >= 0.3 is 5.97 Å².